The zero-order valence-corrected chi connectivity index (χ0v) is 13.8. The largest absolute Gasteiger partial charge is 0.309 e. The maximum atomic E-state index is 6.33. The van der Waals surface area contributed by atoms with E-state index in [0.717, 1.165) is 36.6 Å². The number of hydrogen-bond donors (Lipinski definition) is 1. The molecule has 0 fully saturated rings. The third-order valence-corrected chi connectivity index (χ3v) is 4.05. The molecule has 0 radical (unpaired) electrons. The monoisotopic (exact) mass is 305 g/mol. The van der Waals surface area contributed by atoms with Gasteiger partial charge >= 0.3 is 0 Å². The SMILES string of the molecule is CCNC(CCc1ccc(C)cc1)c1c(Cl)cnn1CC. The van der Waals surface area contributed by atoms with Gasteiger partial charge in [0.1, 0.15) is 0 Å². The van der Waals surface area contributed by atoms with Crippen molar-refractivity contribution in [2.75, 3.05) is 6.54 Å². The van der Waals surface area contributed by atoms with E-state index in [2.05, 4.69) is 55.5 Å². The lowest BCUT2D eigenvalue weighted by atomic mass is 10.0. The molecule has 2 rings (SSSR count). The topological polar surface area (TPSA) is 29.9 Å². The fraction of sp³-hybridized carbons (Fsp3) is 0.471. The Morgan fingerprint density at radius 1 is 1.24 bits per heavy atom. The highest BCUT2D eigenvalue weighted by molar-refractivity contribution is 6.31. The van der Waals surface area contributed by atoms with Gasteiger partial charge in [-0.1, -0.05) is 48.4 Å². The Morgan fingerprint density at radius 3 is 2.57 bits per heavy atom. The molecule has 2 aromatic rings. The summed E-state index contributed by atoms with van der Waals surface area (Å²) in [5.41, 5.74) is 3.77. The quantitative estimate of drug-likeness (QED) is 0.833. The first-order valence-corrected chi connectivity index (χ1v) is 8.03. The molecule has 0 aliphatic carbocycles. The highest BCUT2D eigenvalue weighted by atomic mass is 35.5. The van der Waals surface area contributed by atoms with Crippen molar-refractivity contribution in [2.24, 2.45) is 0 Å². The Bertz CT molecular complexity index is 560. The van der Waals surface area contributed by atoms with E-state index in [1.54, 1.807) is 6.20 Å². The molecular formula is C17H24ClN3. The second-order valence-electron chi connectivity index (χ2n) is 5.33. The zero-order valence-electron chi connectivity index (χ0n) is 13.1. The predicted molar refractivity (Wildman–Crippen MR) is 88.8 cm³/mol. The van der Waals surface area contributed by atoms with Gasteiger partial charge in [0.2, 0.25) is 0 Å². The Labute approximate surface area is 132 Å². The van der Waals surface area contributed by atoms with E-state index in [-0.39, 0.29) is 6.04 Å². The summed E-state index contributed by atoms with van der Waals surface area (Å²) in [5, 5.41) is 8.64. The zero-order chi connectivity index (χ0) is 15.2. The smallest absolute Gasteiger partial charge is 0.0834 e. The number of rotatable bonds is 7. The van der Waals surface area contributed by atoms with Gasteiger partial charge in [-0.15, -0.1) is 0 Å². The Kier molecular flexibility index (Phi) is 5.83. The molecule has 0 aliphatic heterocycles. The Balaban J connectivity index is 2.11. The molecule has 1 unspecified atom stereocenters. The number of halogens is 1. The van der Waals surface area contributed by atoms with Gasteiger partial charge in [0, 0.05) is 6.54 Å². The normalized spacial score (nSPS) is 12.6. The van der Waals surface area contributed by atoms with Crippen LogP contribution in [0, 0.1) is 6.92 Å². The molecule has 4 heteroatoms. The minimum atomic E-state index is 0.242. The lowest BCUT2D eigenvalue weighted by Crippen LogP contribution is -2.24. The second-order valence-corrected chi connectivity index (χ2v) is 5.74. The number of benzene rings is 1. The number of nitrogens with one attached hydrogen (secondary N) is 1. The van der Waals surface area contributed by atoms with Crippen LogP contribution < -0.4 is 5.32 Å². The lowest BCUT2D eigenvalue weighted by molar-refractivity contribution is 0.467. The fourth-order valence-corrected chi connectivity index (χ4v) is 2.89. The van der Waals surface area contributed by atoms with Crippen molar-refractivity contribution in [1.29, 1.82) is 0 Å². The summed E-state index contributed by atoms with van der Waals surface area (Å²) in [7, 11) is 0. The summed E-state index contributed by atoms with van der Waals surface area (Å²) >= 11 is 6.33. The van der Waals surface area contributed by atoms with E-state index < -0.39 is 0 Å². The first-order valence-electron chi connectivity index (χ1n) is 7.65. The van der Waals surface area contributed by atoms with Crippen molar-refractivity contribution in [3.63, 3.8) is 0 Å². The molecule has 114 valence electrons. The molecule has 1 aromatic heterocycles. The molecule has 0 spiro atoms. The summed E-state index contributed by atoms with van der Waals surface area (Å²) in [6.45, 7) is 8.10. The molecule has 1 atom stereocenters. The summed E-state index contributed by atoms with van der Waals surface area (Å²) in [6.07, 6.45) is 3.79. The maximum absolute atomic E-state index is 6.33. The van der Waals surface area contributed by atoms with Crippen molar-refractivity contribution in [1.82, 2.24) is 15.1 Å². The number of nitrogens with zero attached hydrogens (tertiary/aromatic N) is 2. The van der Waals surface area contributed by atoms with Crippen LogP contribution in [0.15, 0.2) is 30.5 Å². The van der Waals surface area contributed by atoms with Crippen LogP contribution in [-0.2, 0) is 13.0 Å². The number of aryl methyl sites for hydroxylation is 3. The second kappa shape index (κ2) is 7.62. The molecule has 1 N–H and O–H groups in total. The van der Waals surface area contributed by atoms with Crippen LogP contribution in [0.25, 0.3) is 0 Å². The van der Waals surface area contributed by atoms with Crippen LogP contribution in [0.3, 0.4) is 0 Å². The molecule has 1 heterocycles. The van der Waals surface area contributed by atoms with Crippen LogP contribution in [0.4, 0.5) is 0 Å². The molecular weight excluding hydrogens is 282 g/mol. The van der Waals surface area contributed by atoms with Crippen LogP contribution in [0.1, 0.15) is 43.1 Å². The van der Waals surface area contributed by atoms with E-state index >= 15 is 0 Å². The third-order valence-electron chi connectivity index (χ3n) is 3.76. The maximum Gasteiger partial charge on any atom is 0.0834 e. The molecule has 21 heavy (non-hydrogen) atoms. The first-order chi connectivity index (χ1) is 10.2. The Hall–Kier alpha value is -1.32. The van der Waals surface area contributed by atoms with Crippen molar-refractivity contribution >= 4 is 11.6 Å². The van der Waals surface area contributed by atoms with Crippen molar-refractivity contribution in [3.05, 3.63) is 52.3 Å². The molecule has 1 aromatic carbocycles. The van der Waals surface area contributed by atoms with E-state index in [0.29, 0.717) is 0 Å². The van der Waals surface area contributed by atoms with E-state index in [1.165, 1.54) is 11.1 Å². The van der Waals surface area contributed by atoms with Crippen molar-refractivity contribution in [3.8, 4) is 0 Å². The fourth-order valence-electron chi connectivity index (χ4n) is 2.62. The summed E-state index contributed by atoms with van der Waals surface area (Å²) in [6, 6.07) is 8.99. The molecule has 0 amide bonds. The minimum absolute atomic E-state index is 0.242. The summed E-state index contributed by atoms with van der Waals surface area (Å²) in [5.74, 6) is 0. The van der Waals surface area contributed by atoms with Gasteiger partial charge in [-0.3, -0.25) is 4.68 Å². The van der Waals surface area contributed by atoms with Gasteiger partial charge in [0.05, 0.1) is 23.0 Å². The standard InChI is InChI=1S/C17H24ClN3/c1-4-19-16(17-15(18)12-20-21(17)5-2)11-10-14-8-6-13(3)7-9-14/h6-9,12,16,19H,4-5,10-11H2,1-3H3. The van der Waals surface area contributed by atoms with E-state index in [4.69, 9.17) is 11.6 Å². The van der Waals surface area contributed by atoms with Crippen LogP contribution >= 0.6 is 11.6 Å². The van der Waals surface area contributed by atoms with Gasteiger partial charge in [0.25, 0.3) is 0 Å². The van der Waals surface area contributed by atoms with Gasteiger partial charge in [-0.2, -0.15) is 5.10 Å². The molecule has 0 saturated carbocycles. The van der Waals surface area contributed by atoms with Crippen LogP contribution in [0.5, 0.6) is 0 Å². The average molecular weight is 306 g/mol. The van der Waals surface area contributed by atoms with Crippen molar-refractivity contribution in [2.45, 2.75) is 46.2 Å². The summed E-state index contributed by atoms with van der Waals surface area (Å²) in [4.78, 5) is 0. The predicted octanol–water partition coefficient (Wildman–Crippen LogP) is 4.15. The minimum Gasteiger partial charge on any atom is -0.309 e. The number of aromatic nitrogens is 2. The van der Waals surface area contributed by atoms with Gasteiger partial charge in [0.15, 0.2) is 0 Å². The molecule has 0 saturated heterocycles. The van der Waals surface area contributed by atoms with E-state index in [1.807, 2.05) is 4.68 Å². The van der Waals surface area contributed by atoms with Crippen molar-refractivity contribution < 1.29 is 0 Å². The molecule has 0 aliphatic rings. The first kappa shape index (κ1) is 16.1. The lowest BCUT2D eigenvalue weighted by Gasteiger charge is -2.20. The third kappa shape index (κ3) is 4.08. The molecule has 0 bridgehead atoms. The van der Waals surface area contributed by atoms with E-state index in [9.17, 15) is 0 Å². The number of hydrogen-bond acceptors (Lipinski definition) is 2. The summed E-state index contributed by atoms with van der Waals surface area (Å²) < 4.78 is 1.99. The van der Waals surface area contributed by atoms with Gasteiger partial charge < -0.3 is 5.32 Å². The van der Waals surface area contributed by atoms with Gasteiger partial charge in [-0.05, 0) is 38.8 Å². The molecule has 3 nitrogen and oxygen atoms in total. The average Bonchev–Trinajstić information content (AvgIpc) is 2.86. The van der Waals surface area contributed by atoms with Crippen LogP contribution in [-0.4, -0.2) is 16.3 Å². The van der Waals surface area contributed by atoms with Crippen LogP contribution in [0.2, 0.25) is 5.02 Å². The highest BCUT2D eigenvalue weighted by Gasteiger charge is 2.19. The Morgan fingerprint density at radius 2 is 1.95 bits per heavy atom. The highest BCUT2D eigenvalue weighted by Crippen LogP contribution is 2.26. The van der Waals surface area contributed by atoms with Gasteiger partial charge in [-0.25, -0.2) is 0 Å².